The molecule has 7 N–H and O–H groups in total. The number of nitrogens with one attached hydrogen (secondary N) is 3. The van der Waals surface area contributed by atoms with Crippen molar-refractivity contribution in [1.29, 1.82) is 0 Å². The summed E-state index contributed by atoms with van der Waals surface area (Å²) in [6, 6.07) is 9.63. The standard InChI is InChI=1S/C44H54N14O7/c1-6-57-32(17-26(3)52-57)40(61)50-42-48-30-19-28(38(45)59)21-34(63-5)36(30)55(42)13-8-9-14-56-37-31(49-43(56)51-41(62)33-18-27(4)53-58(33)7-2)20-29(39(46)60)22-35(37)64-15-10-12-54-24-44(25-54)23-47-11-16-65-44/h8-9,17-22,47H,6-7,10-16,23-25H2,1-5H3,(H2,45,59)(H2,46,60)(H,48,50,61)(H,49,51,62)/b9-8+. The van der Waals surface area contributed by atoms with Crippen molar-refractivity contribution in [2.24, 2.45) is 11.5 Å². The minimum Gasteiger partial charge on any atom is -0.494 e. The molecule has 0 atom stereocenters. The van der Waals surface area contributed by atoms with Gasteiger partial charge in [0, 0.05) is 70.0 Å². The number of nitrogens with two attached hydrogens (primary N) is 2. The van der Waals surface area contributed by atoms with E-state index in [0.717, 1.165) is 32.7 Å². The van der Waals surface area contributed by atoms with Crippen LogP contribution in [0.2, 0.25) is 0 Å². The van der Waals surface area contributed by atoms with Gasteiger partial charge in [0.1, 0.15) is 39.5 Å². The molecule has 4 aromatic heterocycles. The molecule has 4 amide bonds. The highest BCUT2D eigenvalue weighted by Gasteiger charge is 2.44. The summed E-state index contributed by atoms with van der Waals surface area (Å²) in [5.74, 6) is -1.12. The van der Waals surface area contributed by atoms with Crippen LogP contribution in [0.3, 0.4) is 0 Å². The van der Waals surface area contributed by atoms with Crippen LogP contribution in [0, 0.1) is 13.8 Å². The second-order valence-electron chi connectivity index (χ2n) is 16.2. The molecule has 0 unspecified atom stereocenters. The van der Waals surface area contributed by atoms with E-state index in [0.29, 0.717) is 89.1 Å². The number of methoxy groups -OCH3 is 1. The summed E-state index contributed by atoms with van der Waals surface area (Å²) in [6.07, 6.45) is 4.42. The molecule has 0 bridgehead atoms. The maximum atomic E-state index is 13.9. The number of imidazole rings is 2. The molecule has 0 aliphatic carbocycles. The quantitative estimate of drug-likeness (QED) is 0.0615. The van der Waals surface area contributed by atoms with Crippen molar-refractivity contribution in [3.05, 3.63) is 82.5 Å². The summed E-state index contributed by atoms with van der Waals surface area (Å²) in [4.78, 5) is 64.3. The second-order valence-corrected chi connectivity index (χ2v) is 16.2. The van der Waals surface area contributed by atoms with E-state index in [9.17, 15) is 19.2 Å². The molecular weight excluding hydrogens is 837 g/mol. The number of primary amides is 2. The van der Waals surface area contributed by atoms with Gasteiger partial charge in [-0.2, -0.15) is 10.2 Å². The molecule has 21 heteroatoms. The van der Waals surface area contributed by atoms with Gasteiger partial charge < -0.3 is 40.1 Å². The molecule has 65 heavy (non-hydrogen) atoms. The van der Waals surface area contributed by atoms with E-state index in [1.165, 1.54) is 13.2 Å². The molecule has 21 nitrogen and oxygen atoms in total. The highest BCUT2D eigenvalue weighted by atomic mass is 16.5. The number of amides is 4. The zero-order chi connectivity index (χ0) is 46.0. The highest BCUT2D eigenvalue weighted by molar-refractivity contribution is 6.05. The largest absolute Gasteiger partial charge is 0.494 e. The minimum atomic E-state index is -0.667. The second kappa shape index (κ2) is 18.6. The lowest BCUT2D eigenvalue weighted by atomic mass is 9.92. The lowest BCUT2D eigenvalue weighted by Crippen LogP contribution is -2.69. The van der Waals surface area contributed by atoms with E-state index >= 15 is 0 Å². The van der Waals surface area contributed by atoms with Gasteiger partial charge in [0.25, 0.3) is 11.8 Å². The summed E-state index contributed by atoms with van der Waals surface area (Å²) < 4.78 is 24.9. The SMILES string of the molecule is CCn1nc(C)cc1C(=O)Nc1nc2cc(C(N)=O)cc(OC)c2n1C/C=C/Cn1c(NC(=O)c2cc(C)nn2CC)nc2cc(C(N)=O)cc(OCCCN3CC4(CNCCO4)C3)c21. The van der Waals surface area contributed by atoms with E-state index in [4.69, 9.17) is 35.6 Å². The molecule has 6 aromatic rings. The topological polar surface area (TPSA) is 259 Å². The van der Waals surface area contributed by atoms with E-state index < -0.39 is 23.6 Å². The number of nitrogens with zero attached hydrogens (tertiary/aromatic N) is 9. The number of likely N-dealkylation sites (tertiary alicyclic amines) is 1. The summed E-state index contributed by atoms with van der Waals surface area (Å²) in [5, 5.41) is 18.2. The van der Waals surface area contributed by atoms with Gasteiger partial charge >= 0.3 is 0 Å². The third kappa shape index (κ3) is 9.15. The van der Waals surface area contributed by atoms with Crippen molar-refractivity contribution >= 4 is 57.6 Å². The van der Waals surface area contributed by atoms with Gasteiger partial charge in [-0.1, -0.05) is 12.2 Å². The number of allylic oxidation sites excluding steroid dienone is 2. The monoisotopic (exact) mass is 890 g/mol. The van der Waals surface area contributed by atoms with Crippen LogP contribution in [0.1, 0.15) is 73.3 Å². The number of aryl methyl sites for hydroxylation is 4. The predicted octanol–water partition coefficient (Wildman–Crippen LogP) is 2.85. The average molecular weight is 891 g/mol. The maximum Gasteiger partial charge on any atom is 0.276 e. The van der Waals surface area contributed by atoms with Gasteiger partial charge in [0.05, 0.1) is 42.7 Å². The molecule has 2 aromatic carbocycles. The molecule has 2 aliphatic heterocycles. The van der Waals surface area contributed by atoms with Crippen molar-refractivity contribution in [3.8, 4) is 11.5 Å². The van der Waals surface area contributed by atoms with Crippen molar-refractivity contribution in [3.63, 3.8) is 0 Å². The van der Waals surface area contributed by atoms with Crippen molar-refractivity contribution < 1.29 is 33.4 Å². The van der Waals surface area contributed by atoms with Crippen LogP contribution >= 0.6 is 0 Å². The first-order valence-electron chi connectivity index (χ1n) is 21.6. The normalized spacial score (nSPS) is 14.9. The number of anilines is 2. The fraction of sp³-hybridized carbons (Fsp3) is 0.409. The first kappa shape index (κ1) is 44.5. The average Bonchev–Trinajstić information content (AvgIpc) is 4.05. The summed E-state index contributed by atoms with van der Waals surface area (Å²) in [6.45, 7) is 13.9. The highest BCUT2D eigenvalue weighted by Crippen LogP contribution is 2.34. The number of hydrogen-bond acceptors (Lipinski definition) is 13. The maximum absolute atomic E-state index is 13.9. The Hall–Kier alpha value is -7.10. The number of morpholine rings is 1. The lowest BCUT2D eigenvalue weighted by Gasteiger charge is -2.51. The molecule has 342 valence electrons. The van der Waals surface area contributed by atoms with Crippen LogP contribution in [-0.2, 0) is 30.9 Å². The molecule has 6 heterocycles. The number of ether oxygens (including phenoxy) is 3. The van der Waals surface area contributed by atoms with Crippen LogP contribution in [0.5, 0.6) is 11.5 Å². The molecule has 1 spiro atoms. The number of rotatable bonds is 18. The number of carbonyl (C=O) groups excluding carboxylic acids is 4. The number of fused-ring (bicyclic) bond motifs is 2. The van der Waals surface area contributed by atoms with Gasteiger partial charge in [-0.3, -0.25) is 44.1 Å². The molecule has 8 rings (SSSR count). The molecule has 2 saturated heterocycles. The van der Waals surface area contributed by atoms with Crippen LogP contribution in [0.25, 0.3) is 22.1 Å². The van der Waals surface area contributed by atoms with E-state index in [1.54, 1.807) is 55.8 Å². The first-order chi connectivity index (χ1) is 31.3. The Morgan fingerprint density at radius 3 is 1.80 bits per heavy atom. The van der Waals surface area contributed by atoms with E-state index in [2.05, 4.69) is 31.0 Å². The van der Waals surface area contributed by atoms with Gasteiger partial charge in [-0.25, -0.2) is 9.97 Å². The fourth-order valence-corrected chi connectivity index (χ4v) is 8.49. The van der Waals surface area contributed by atoms with Gasteiger partial charge in [-0.05, 0) is 70.5 Å². The fourth-order valence-electron chi connectivity index (χ4n) is 8.49. The molecule has 2 aliphatic rings. The van der Waals surface area contributed by atoms with Crippen LogP contribution in [-0.4, -0.2) is 126 Å². The first-order valence-corrected chi connectivity index (χ1v) is 21.6. The Labute approximate surface area is 374 Å². The molecule has 0 radical (unpaired) electrons. The Bertz CT molecular complexity index is 2820. The zero-order valence-corrected chi connectivity index (χ0v) is 37.1. The predicted molar refractivity (Wildman–Crippen MR) is 241 cm³/mol. The Morgan fingerprint density at radius 1 is 0.800 bits per heavy atom. The zero-order valence-electron chi connectivity index (χ0n) is 37.1. The summed E-state index contributed by atoms with van der Waals surface area (Å²) >= 11 is 0. The molecular formula is C44H54N14O7. The van der Waals surface area contributed by atoms with Crippen LogP contribution < -0.4 is 36.9 Å². The smallest absolute Gasteiger partial charge is 0.276 e. The summed E-state index contributed by atoms with van der Waals surface area (Å²) in [7, 11) is 1.47. The number of carbonyl (C=O) groups is 4. The Kier molecular flexibility index (Phi) is 12.7. The van der Waals surface area contributed by atoms with Crippen molar-refractivity contribution in [2.45, 2.75) is 65.9 Å². The van der Waals surface area contributed by atoms with Gasteiger partial charge in [0.15, 0.2) is 0 Å². The Balaban J connectivity index is 1.12. The van der Waals surface area contributed by atoms with E-state index in [1.807, 2.05) is 32.9 Å². The third-order valence-electron chi connectivity index (χ3n) is 11.5. The lowest BCUT2D eigenvalue weighted by molar-refractivity contribution is -0.156. The molecule has 0 saturated carbocycles. The number of aromatic nitrogens is 8. The Morgan fingerprint density at radius 2 is 1.32 bits per heavy atom. The third-order valence-corrected chi connectivity index (χ3v) is 11.5. The van der Waals surface area contributed by atoms with Gasteiger partial charge in [0.2, 0.25) is 23.7 Å². The number of benzene rings is 2. The van der Waals surface area contributed by atoms with Crippen molar-refractivity contribution in [1.82, 2.24) is 48.9 Å². The van der Waals surface area contributed by atoms with Gasteiger partial charge in [-0.15, -0.1) is 0 Å². The molecule has 2 fully saturated rings. The minimum absolute atomic E-state index is 0.130. The van der Waals surface area contributed by atoms with E-state index in [-0.39, 0.29) is 41.7 Å². The van der Waals surface area contributed by atoms with Crippen LogP contribution in [0.15, 0.2) is 48.6 Å². The van der Waals surface area contributed by atoms with Crippen molar-refractivity contribution in [2.75, 3.05) is 63.7 Å². The summed E-state index contributed by atoms with van der Waals surface area (Å²) in [5.41, 5.74) is 15.6. The number of hydrogen-bond donors (Lipinski definition) is 5. The van der Waals surface area contributed by atoms with Crippen LogP contribution in [0.4, 0.5) is 11.9 Å².